The van der Waals surface area contributed by atoms with Crippen LogP contribution in [0.1, 0.15) is 34.9 Å². The van der Waals surface area contributed by atoms with Crippen molar-refractivity contribution in [2.24, 2.45) is 11.8 Å². The van der Waals surface area contributed by atoms with E-state index in [9.17, 15) is 20.0 Å². The van der Waals surface area contributed by atoms with E-state index >= 15 is 0 Å². The Kier molecular flexibility index (Phi) is 7.17. The van der Waals surface area contributed by atoms with Crippen molar-refractivity contribution in [2.45, 2.75) is 25.0 Å². The van der Waals surface area contributed by atoms with Gasteiger partial charge in [-0.15, -0.1) is 6.58 Å². The summed E-state index contributed by atoms with van der Waals surface area (Å²) in [6, 6.07) is 15.4. The van der Waals surface area contributed by atoms with Crippen LogP contribution in [0.3, 0.4) is 0 Å². The normalized spacial score (nSPS) is 26.0. The number of carbonyl (C=O) groups excluding carboxylic acids is 1. The third-order valence-corrected chi connectivity index (χ3v) is 7.90. The number of ketones is 1. The molecule has 3 fully saturated rings. The van der Waals surface area contributed by atoms with Crippen molar-refractivity contribution in [3.05, 3.63) is 94.7 Å². The molecule has 7 nitrogen and oxygen atoms in total. The van der Waals surface area contributed by atoms with Gasteiger partial charge in [0.05, 0.1) is 23.5 Å². The van der Waals surface area contributed by atoms with E-state index in [1.165, 1.54) is 24.3 Å². The van der Waals surface area contributed by atoms with Crippen molar-refractivity contribution in [3.8, 4) is 0 Å². The molecular weight excluding hydrogens is 510 g/mol. The van der Waals surface area contributed by atoms with Gasteiger partial charge in [0.2, 0.25) is 5.78 Å². The number of pyridine rings is 1. The number of Topliss-reactive ketones (excluding diaryl/α,β-unsaturated/α-hetero) is 1. The Bertz CT molecular complexity index is 1260. The van der Waals surface area contributed by atoms with Crippen LogP contribution in [0.2, 0.25) is 0 Å². The molecule has 0 aliphatic carbocycles. The third-order valence-electron chi connectivity index (χ3n) is 7.90. The van der Waals surface area contributed by atoms with E-state index in [1.807, 2.05) is 36.4 Å². The zero-order valence-corrected chi connectivity index (χ0v) is 20.9. The van der Waals surface area contributed by atoms with Crippen molar-refractivity contribution >= 4 is 22.4 Å². The highest BCUT2D eigenvalue weighted by Gasteiger charge is 2.54. The van der Waals surface area contributed by atoms with Gasteiger partial charge in [-0.2, -0.15) is 0 Å². The first-order valence-corrected chi connectivity index (χ1v) is 11.7. The first kappa shape index (κ1) is 25.2. The summed E-state index contributed by atoms with van der Waals surface area (Å²) in [5.74, 6) is 0.686. The highest BCUT2D eigenvalue weighted by Crippen LogP contribution is 2.47. The number of benzene rings is 2. The molecule has 2 bridgehead atoms. The van der Waals surface area contributed by atoms with Crippen molar-refractivity contribution < 1.29 is 36.3 Å². The van der Waals surface area contributed by atoms with Gasteiger partial charge in [0, 0.05) is 48.0 Å². The van der Waals surface area contributed by atoms with Crippen molar-refractivity contribution in [1.82, 2.24) is 4.98 Å². The summed E-state index contributed by atoms with van der Waals surface area (Å²) in [6.45, 7) is 5.87. The number of piperidine rings is 3. The lowest BCUT2D eigenvalue weighted by Crippen LogP contribution is -3.00. The van der Waals surface area contributed by atoms with Crippen LogP contribution in [0.15, 0.2) is 73.4 Å². The van der Waals surface area contributed by atoms with Gasteiger partial charge in [-0.05, 0) is 35.7 Å². The molecule has 3 aromatic rings. The highest BCUT2D eigenvalue weighted by atomic mass is 79.9. The number of nitro groups is 1. The monoisotopic (exact) mass is 537 g/mol. The van der Waals surface area contributed by atoms with Crippen LogP contribution in [-0.2, 0) is 0 Å². The van der Waals surface area contributed by atoms with E-state index in [4.69, 9.17) is 0 Å². The molecule has 3 aliphatic heterocycles. The second-order valence-corrected chi connectivity index (χ2v) is 9.62. The fourth-order valence-electron chi connectivity index (χ4n) is 6.11. The summed E-state index contributed by atoms with van der Waals surface area (Å²) < 4.78 is 0.501. The lowest BCUT2D eigenvalue weighted by Gasteiger charge is -2.57. The van der Waals surface area contributed by atoms with Crippen molar-refractivity contribution in [1.29, 1.82) is 0 Å². The predicted octanol–water partition coefficient (Wildman–Crippen LogP) is 1.47. The summed E-state index contributed by atoms with van der Waals surface area (Å²) in [5, 5.41) is 23.6. The molecule has 1 N–H and O–H groups in total. The Morgan fingerprint density at radius 3 is 2.69 bits per heavy atom. The van der Waals surface area contributed by atoms with Crippen LogP contribution >= 0.6 is 0 Å². The molecule has 35 heavy (non-hydrogen) atoms. The third kappa shape index (κ3) is 4.53. The maximum absolute atomic E-state index is 13.4. The Hall–Kier alpha value is -2.94. The maximum atomic E-state index is 13.4. The predicted molar refractivity (Wildman–Crippen MR) is 129 cm³/mol. The van der Waals surface area contributed by atoms with Crippen molar-refractivity contribution in [2.75, 3.05) is 19.6 Å². The second-order valence-electron chi connectivity index (χ2n) is 9.62. The Morgan fingerprint density at radius 2 is 1.97 bits per heavy atom. The lowest BCUT2D eigenvalue weighted by molar-refractivity contribution is -0.966. The number of nitro benzene ring substituents is 1. The van der Waals surface area contributed by atoms with Crippen LogP contribution < -0.4 is 17.0 Å². The Balaban J connectivity index is 0.00000289. The molecule has 0 saturated carbocycles. The maximum Gasteiger partial charge on any atom is 0.269 e. The fraction of sp³-hybridized carbons (Fsp3) is 0.333. The molecule has 2 aromatic carbocycles. The molecule has 182 valence electrons. The fourth-order valence-corrected chi connectivity index (χ4v) is 6.11. The summed E-state index contributed by atoms with van der Waals surface area (Å²) in [7, 11) is 0. The van der Waals surface area contributed by atoms with Crippen LogP contribution in [0, 0.1) is 22.0 Å². The first-order valence-electron chi connectivity index (χ1n) is 11.7. The summed E-state index contributed by atoms with van der Waals surface area (Å²) in [5.41, 5.74) is 2.11. The van der Waals surface area contributed by atoms with Crippen LogP contribution in [0.4, 0.5) is 5.69 Å². The second kappa shape index (κ2) is 9.97. The number of hydrogen-bond donors (Lipinski definition) is 1. The largest absolute Gasteiger partial charge is 1.00 e. The molecular formula is C27H28BrN3O4. The quantitative estimate of drug-likeness (QED) is 0.162. The average Bonchev–Trinajstić information content (AvgIpc) is 2.87. The number of quaternary nitrogens is 1. The first-order chi connectivity index (χ1) is 16.4. The molecule has 4 heterocycles. The standard InChI is InChI=1S/C27H28N3O4.BrH/c1-2-18-16-30(17-26(31)19-7-9-21(10-8-19)29(33)34)14-12-20(18)15-25(30)27(32)23-11-13-28-24-6-4-3-5-22(23)24;/h2-11,13,18,20,25,27,32H,1,12,14-17H2;1H/q+1;/p-1/t18-,20-,25+,27-,30?;/m0./s1. The summed E-state index contributed by atoms with van der Waals surface area (Å²) >= 11 is 0. The number of halogens is 1. The number of nitrogens with zero attached hydrogens (tertiary/aromatic N) is 3. The smallest absolute Gasteiger partial charge is 0.269 e. The molecule has 5 atom stereocenters. The number of carbonyl (C=O) groups is 1. The lowest BCUT2D eigenvalue weighted by atomic mass is 9.71. The van der Waals surface area contributed by atoms with E-state index in [0.717, 1.165) is 42.4 Å². The minimum atomic E-state index is -0.730. The minimum Gasteiger partial charge on any atom is -1.00 e. The topological polar surface area (TPSA) is 93.3 Å². The highest BCUT2D eigenvalue weighted by molar-refractivity contribution is 5.97. The molecule has 6 rings (SSSR count). The van der Waals surface area contributed by atoms with E-state index in [1.54, 1.807) is 6.20 Å². The average molecular weight is 538 g/mol. The molecule has 3 aliphatic rings. The minimum absolute atomic E-state index is 0. The van der Waals surface area contributed by atoms with E-state index in [0.29, 0.717) is 21.9 Å². The summed E-state index contributed by atoms with van der Waals surface area (Å²) in [6.07, 6.45) is 4.81. The van der Waals surface area contributed by atoms with Crippen molar-refractivity contribution in [3.63, 3.8) is 0 Å². The number of para-hydroxylation sites is 1. The molecule has 1 aromatic heterocycles. The number of fused-ring (bicyclic) bond motifs is 4. The van der Waals surface area contributed by atoms with Gasteiger partial charge >= 0.3 is 0 Å². The number of hydrogen-bond acceptors (Lipinski definition) is 5. The molecule has 3 saturated heterocycles. The molecule has 0 amide bonds. The van der Waals surface area contributed by atoms with E-state index < -0.39 is 11.0 Å². The van der Waals surface area contributed by atoms with Gasteiger partial charge in [0.15, 0.2) is 0 Å². The zero-order chi connectivity index (χ0) is 23.9. The van der Waals surface area contributed by atoms with E-state index in [-0.39, 0.29) is 41.0 Å². The van der Waals surface area contributed by atoms with Gasteiger partial charge in [-0.3, -0.25) is 19.9 Å². The van der Waals surface area contributed by atoms with Gasteiger partial charge in [-0.1, -0.05) is 24.3 Å². The number of non-ortho nitro benzene ring substituents is 1. The van der Waals surface area contributed by atoms with Gasteiger partial charge in [-0.25, -0.2) is 0 Å². The Labute approximate surface area is 214 Å². The van der Waals surface area contributed by atoms with Crippen LogP contribution in [-0.4, -0.2) is 51.0 Å². The molecule has 0 spiro atoms. The zero-order valence-electron chi connectivity index (χ0n) is 19.3. The van der Waals surface area contributed by atoms with Gasteiger partial charge in [0.1, 0.15) is 18.7 Å². The number of aliphatic hydroxyl groups excluding tert-OH is 1. The van der Waals surface area contributed by atoms with Crippen LogP contribution in [0.5, 0.6) is 0 Å². The van der Waals surface area contributed by atoms with E-state index in [2.05, 4.69) is 11.6 Å². The number of aliphatic hydroxyl groups is 1. The molecule has 1 unspecified atom stereocenters. The van der Waals surface area contributed by atoms with Crippen LogP contribution in [0.25, 0.3) is 10.9 Å². The molecule has 8 heteroatoms. The van der Waals surface area contributed by atoms with Gasteiger partial charge in [0.25, 0.3) is 5.69 Å². The summed E-state index contributed by atoms with van der Waals surface area (Å²) in [4.78, 5) is 28.3. The number of rotatable bonds is 7. The Morgan fingerprint density at radius 1 is 1.23 bits per heavy atom. The SMILES string of the molecule is C=C[C@H]1C[N+]2(CC(=O)c3ccc([N+](=O)[O-])cc3)CC[C@H]1C[C@@H]2[C@@H](O)c1ccnc2ccccc12.[Br-]. The van der Waals surface area contributed by atoms with Gasteiger partial charge < -0.3 is 26.6 Å². The number of aromatic nitrogens is 1. The molecule has 0 radical (unpaired) electrons.